The number of nitrogens with zero attached hydrogens (tertiary/aromatic N) is 1. The van der Waals surface area contributed by atoms with Crippen molar-refractivity contribution in [2.45, 2.75) is 32.7 Å². The van der Waals surface area contributed by atoms with Crippen molar-refractivity contribution in [2.75, 3.05) is 19.6 Å². The molecule has 2 amide bonds. The van der Waals surface area contributed by atoms with Crippen LogP contribution in [-0.4, -0.2) is 42.4 Å². The average Bonchev–Trinajstić information content (AvgIpc) is 3.04. The molecule has 0 unspecified atom stereocenters. The topological polar surface area (TPSA) is 75.4 Å². The lowest BCUT2D eigenvalue weighted by molar-refractivity contribution is -0.147. The van der Waals surface area contributed by atoms with Crippen molar-refractivity contribution in [3.8, 4) is 0 Å². The zero-order valence-corrected chi connectivity index (χ0v) is 10.0. The number of carbonyl (C=O) groups is 2. The molecule has 0 atom stereocenters. The second kappa shape index (κ2) is 5.84. The molecule has 1 saturated carbocycles. The van der Waals surface area contributed by atoms with Crippen LogP contribution in [0.5, 0.6) is 0 Å². The van der Waals surface area contributed by atoms with Crippen molar-refractivity contribution in [3.05, 3.63) is 0 Å². The first-order valence-electron chi connectivity index (χ1n) is 5.85. The largest absolute Gasteiger partial charge is 0.347 e. The Morgan fingerprint density at radius 3 is 2.50 bits per heavy atom. The SMILES string of the molecule is CC(C)N(CC1CC1)C(=O)C(=O)NCCN. The Bertz CT molecular complexity index is 262. The quantitative estimate of drug-likeness (QED) is 0.634. The average molecular weight is 227 g/mol. The highest BCUT2D eigenvalue weighted by molar-refractivity contribution is 6.35. The van der Waals surface area contributed by atoms with Gasteiger partial charge in [0.1, 0.15) is 0 Å². The molecule has 0 aromatic rings. The maximum absolute atomic E-state index is 11.8. The Hall–Kier alpha value is -1.10. The molecule has 0 bridgehead atoms. The maximum Gasteiger partial charge on any atom is 0.312 e. The van der Waals surface area contributed by atoms with Crippen molar-refractivity contribution in [1.29, 1.82) is 0 Å². The van der Waals surface area contributed by atoms with E-state index in [1.54, 1.807) is 4.90 Å². The highest BCUT2D eigenvalue weighted by Crippen LogP contribution is 2.30. The van der Waals surface area contributed by atoms with Crippen LogP contribution in [0.2, 0.25) is 0 Å². The molecule has 0 spiro atoms. The molecule has 3 N–H and O–H groups in total. The van der Waals surface area contributed by atoms with Gasteiger partial charge in [0, 0.05) is 25.7 Å². The predicted molar refractivity (Wildman–Crippen MR) is 61.6 cm³/mol. The summed E-state index contributed by atoms with van der Waals surface area (Å²) in [6.07, 6.45) is 2.34. The second-order valence-corrected chi connectivity index (χ2v) is 4.54. The van der Waals surface area contributed by atoms with Gasteiger partial charge in [0.05, 0.1) is 0 Å². The van der Waals surface area contributed by atoms with Gasteiger partial charge in [-0.15, -0.1) is 0 Å². The molecule has 0 aromatic heterocycles. The Morgan fingerprint density at radius 1 is 1.44 bits per heavy atom. The molecule has 1 aliphatic carbocycles. The van der Waals surface area contributed by atoms with Crippen molar-refractivity contribution in [3.63, 3.8) is 0 Å². The fourth-order valence-electron chi connectivity index (χ4n) is 1.50. The minimum Gasteiger partial charge on any atom is -0.347 e. The van der Waals surface area contributed by atoms with E-state index >= 15 is 0 Å². The van der Waals surface area contributed by atoms with Crippen LogP contribution >= 0.6 is 0 Å². The zero-order valence-electron chi connectivity index (χ0n) is 10.0. The fraction of sp³-hybridized carbons (Fsp3) is 0.818. The third-order valence-corrected chi connectivity index (χ3v) is 2.66. The predicted octanol–water partition coefficient (Wildman–Crippen LogP) is -0.292. The van der Waals surface area contributed by atoms with E-state index < -0.39 is 11.8 Å². The lowest BCUT2D eigenvalue weighted by Crippen LogP contribution is -2.47. The summed E-state index contributed by atoms with van der Waals surface area (Å²) in [7, 11) is 0. The minimum absolute atomic E-state index is 0.0664. The molecule has 0 saturated heterocycles. The van der Waals surface area contributed by atoms with Gasteiger partial charge in [0.15, 0.2) is 0 Å². The van der Waals surface area contributed by atoms with E-state index in [4.69, 9.17) is 5.73 Å². The van der Waals surface area contributed by atoms with Gasteiger partial charge in [0.2, 0.25) is 0 Å². The van der Waals surface area contributed by atoms with Gasteiger partial charge < -0.3 is 16.0 Å². The number of hydrogen-bond acceptors (Lipinski definition) is 3. The summed E-state index contributed by atoms with van der Waals surface area (Å²) in [6.45, 7) is 5.25. The summed E-state index contributed by atoms with van der Waals surface area (Å²) in [5, 5.41) is 2.51. The first-order chi connectivity index (χ1) is 7.56. The van der Waals surface area contributed by atoms with Crippen LogP contribution in [0.3, 0.4) is 0 Å². The number of rotatable bonds is 5. The molecule has 5 heteroatoms. The smallest absolute Gasteiger partial charge is 0.312 e. The van der Waals surface area contributed by atoms with Gasteiger partial charge >= 0.3 is 11.8 Å². The van der Waals surface area contributed by atoms with E-state index in [1.165, 1.54) is 12.8 Å². The molecular formula is C11H21N3O2. The molecule has 16 heavy (non-hydrogen) atoms. The summed E-state index contributed by atoms with van der Waals surface area (Å²) in [6, 6.07) is 0.0664. The van der Waals surface area contributed by atoms with Crippen LogP contribution in [0.25, 0.3) is 0 Å². The monoisotopic (exact) mass is 227 g/mol. The number of amides is 2. The van der Waals surface area contributed by atoms with Gasteiger partial charge in [-0.25, -0.2) is 0 Å². The summed E-state index contributed by atoms with van der Waals surface area (Å²) in [4.78, 5) is 25.0. The van der Waals surface area contributed by atoms with Gasteiger partial charge in [-0.2, -0.15) is 0 Å². The summed E-state index contributed by atoms with van der Waals surface area (Å²) in [5.74, 6) is -0.385. The second-order valence-electron chi connectivity index (χ2n) is 4.54. The van der Waals surface area contributed by atoms with E-state index in [2.05, 4.69) is 5.32 Å². The van der Waals surface area contributed by atoms with Gasteiger partial charge in [-0.3, -0.25) is 9.59 Å². The number of hydrogen-bond donors (Lipinski definition) is 2. The van der Waals surface area contributed by atoms with Crippen LogP contribution in [0.1, 0.15) is 26.7 Å². The van der Waals surface area contributed by atoms with Gasteiger partial charge in [0.25, 0.3) is 0 Å². The minimum atomic E-state index is -0.542. The van der Waals surface area contributed by atoms with E-state index in [0.29, 0.717) is 25.6 Å². The molecule has 1 rings (SSSR count). The third-order valence-electron chi connectivity index (χ3n) is 2.66. The molecule has 0 aromatic carbocycles. The lowest BCUT2D eigenvalue weighted by Gasteiger charge is -2.26. The van der Waals surface area contributed by atoms with Crippen LogP contribution in [-0.2, 0) is 9.59 Å². The van der Waals surface area contributed by atoms with Crippen molar-refractivity contribution < 1.29 is 9.59 Å². The fourth-order valence-corrected chi connectivity index (χ4v) is 1.50. The van der Waals surface area contributed by atoms with E-state index in [1.807, 2.05) is 13.8 Å². The highest BCUT2D eigenvalue weighted by Gasteiger charge is 2.30. The third kappa shape index (κ3) is 3.81. The number of nitrogens with two attached hydrogens (primary N) is 1. The lowest BCUT2D eigenvalue weighted by atomic mass is 10.2. The summed E-state index contributed by atoms with van der Waals surface area (Å²) in [5.41, 5.74) is 5.26. The molecular weight excluding hydrogens is 206 g/mol. The van der Waals surface area contributed by atoms with Gasteiger partial charge in [-0.05, 0) is 32.6 Å². The van der Waals surface area contributed by atoms with Crippen molar-refractivity contribution in [1.82, 2.24) is 10.2 Å². The molecule has 0 radical (unpaired) electrons. The normalized spacial score (nSPS) is 15.0. The zero-order chi connectivity index (χ0) is 12.1. The van der Waals surface area contributed by atoms with Crippen LogP contribution in [0, 0.1) is 5.92 Å². The number of carbonyl (C=O) groups excluding carboxylic acids is 2. The van der Waals surface area contributed by atoms with Gasteiger partial charge in [-0.1, -0.05) is 0 Å². The highest BCUT2D eigenvalue weighted by atomic mass is 16.2. The Balaban J connectivity index is 2.48. The number of nitrogens with one attached hydrogen (secondary N) is 1. The van der Waals surface area contributed by atoms with Crippen molar-refractivity contribution >= 4 is 11.8 Å². The molecule has 5 nitrogen and oxygen atoms in total. The maximum atomic E-state index is 11.8. The molecule has 1 aliphatic rings. The Morgan fingerprint density at radius 2 is 2.06 bits per heavy atom. The van der Waals surface area contributed by atoms with E-state index in [9.17, 15) is 9.59 Å². The Labute approximate surface area is 96.4 Å². The van der Waals surface area contributed by atoms with E-state index in [0.717, 1.165) is 0 Å². The van der Waals surface area contributed by atoms with Crippen LogP contribution < -0.4 is 11.1 Å². The molecule has 0 heterocycles. The standard InChI is InChI=1S/C11H21N3O2/c1-8(2)14(7-9-3-4-9)11(16)10(15)13-6-5-12/h8-9H,3-7,12H2,1-2H3,(H,13,15). The van der Waals surface area contributed by atoms with Crippen LogP contribution in [0.4, 0.5) is 0 Å². The van der Waals surface area contributed by atoms with Crippen molar-refractivity contribution in [2.24, 2.45) is 11.7 Å². The Kier molecular flexibility index (Phi) is 4.73. The summed E-state index contributed by atoms with van der Waals surface area (Å²) < 4.78 is 0. The molecule has 92 valence electrons. The molecule has 0 aliphatic heterocycles. The molecule has 1 fully saturated rings. The van der Waals surface area contributed by atoms with Crippen LogP contribution in [0.15, 0.2) is 0 Å². The first-order valence-corrected chi connectivity index (χ1v) is 5.85. The summed E-state index contributed by atoms with van der Waals surface area (Å²) >= 11 is 0. The van der Waals surface area contributed by atoms with E-state index in [-0.39, 0.29) is 6.04 Å². The first kappa shape index (κ1) is 13.0.